The third-order valence-electron chi connectivity index (χ3n) is 1.06. The Morgan fingerprint density at radius 2 is 1.91 bits per heavy atom. The summed E-state index contributed by atoms with van der Waals surface area (Å²) < 4.78 is 0. The van der Waals surface area contributed by atoms with Crippen LogP contribution in [0.25, 0.3) is 0 Å². The summed E-state index contributed by atoms with van der Waals surface area (Å²) in [6, 6.07) is 0. The molecule has 0 amide bonds. The number of carboxylic acid groups (broad SMARTS) is 1. The van der Waals surface area contributed by atoms with Gasteiger partial charge in [-0.1, -0.05) is 39.5 Å². The zero-order valence-corrected chi connectivity index (χ0v) is 7.22. The molecule has 2 nitrogen and oxygen atoms in total. The highest BCUT2D eigenvalue weighted by atomic mass is 16.4. The van der Waals surface area contributed by atoms with Gasteiger partial charge in [-0.2, -0.15) is 0 Å². The zero-order valence-electron chi connectivity index (χ0n) is 7.22. The number of allylic oxidation sites excluding steroid dienone is 1. The molecule has 0 aliphatic heterocycles. The maximum atomic E-state index is 10.5. The van der Waals surface area contributed by atoms with Gasteiger partial charge in [0, 0.05) is 0 Å². The first kappa shape index (κ1) is 9.95. The fourth-order valence-electron chi connectivity index (χ4n) is 0.674. The van der Waals surface area contributed by atoms with Gasteiger partial charge in [0.25, 0.3) is 0 Å². The van der Waals surface area contributed by atoms with E-state index in [1.807, 2.05) is 20.8 Å². The van der Waals surface area contributed by atoms with Gasteiger partial charge in [0.05, 0.1) is 5.57 Å². The molecule has 0 rings (SSSR count). The van der Waals surface area contributed by atoms with Crippen LogP contribution in [0.1, 0.15) is 20.8 Å². The van der Waals surface area contributed by atoms with Crippen molar-refractivity contribution in [2.75, 3.05) is 0 Å². The molecule has 0 aliphatic rings. The molecule has 0 saturated heterocycles. The van der Waals surface area contributed by atoms with Crippen molar-refractivity contribution in [3.8, 4) is 0 Å². The largest absolute Gasteiger partial charge is 0.478 e. The van der Waals surface area contributed by atoms with E-state index in [4.69, 9.17) is 5.11 Å². The van der Waals surface area contributed by atoms with Crippen LogP contribution in [0, 0.1) is 5.41 Å². The monoisotopic (exact) mass is 154 g/mol. The average molecular weight is 154 g/mol. The topological polar surface area (TPSA) is 37.3 Å². The Morgan fingerprint density at radius 3 is 2.00 bits per heavy atom. The van der Waals surface area contributed by atoms with Crippen LogP contribution in [-0.4, -0.2) is 11.1 Å². The lowest BCUT2D eigenvalue weighted by atomic mass is 9.93. The van der Waals surface area contributed by atoms with Crippen molar-refractivity contribution >= 4 is 5.97 Å². The first-order chi connectivity index (χ1) is 4.87. The van der Waals surface area contributed by atoms with Gasteiger partial charge < -0.3 is 5.11 Å². The fourth-order valence-corrected chi connectivity index (χ4v) is 0.674. The molecule has 0 saturated carbocycles. The van der Waals surface area contributed by atoms with Gasteiger partial charge in [-0.05, 0) is 5.41 Å². The van der Waals surface area contributed by atoms with Crippen molar-refractivity contribution in [1.82, 2.24) is 0 Å². The number of hydrogen-bond donors (Lipinski definition) is 1. The van der Waals surface area contributed by atoms with E-state index < -0.39 is 5.97 Å². The SMILES string of the molecule is C=CC(=CC(C)(C)C)C(=O)O. The van der Waals surface area contributed by atoms with E-state index in [0.29, 0.717) is 0 Å². The Kier molecular flexibility index (Phi) is 3.05. The summed E-state index contributed by atoms with van der Waals surface area (Å²) in [6.07, 6.45) is 3.04. The maximum absolute atomic E-state index is 10.5. The predicted molar refractivity (Wildman–Crippen MR) is 45.4 cm³/mol. The van der Waals surface area contributed by atoms with E-state index in [9.17, 15) is 4.79 Å². The van der Waals surface area contributed by atoms with Gasteiger partial charge >= 0.3 is 5.97 Å². The summed E-state index contributed by atoms with van der Waals surface area (Å²) in [5.74, 6) is -0.921. The number of rotatable bonds is 2. The van der Waals surface area contributed by atoms with E-state index in [1.54, 1.807) is 6.08 Å². The Labute approximate surface area is 67.2 Å². The Bertz CT molecular complexity index is 194. The summed E-state index contributed by atoms with van der Waals surface area (Å²) in [4.78, 5) is 10.5. The van der Waals surface area contributed by atoms with Gasteiger partial charge in [-0.25, -0.2) is 4.79 Å². The van der Waals surface area contributed by atoms with Gasteiger partial charge in [0.2, 0.25) is 0 Å². The first-order valence-electron chi connectivity index (χ1n) is 3.45. The molecule has 0 spiro atoms. The zero-order chi connectivity index (χ0) is 9.07. The second-order valence-electron chi connectivity index (χ2n) is 3.47. The number of hydrogen-bond acceptors (Lipinski definition) is 1. The molecule has 0 aromatic heterocycles. The van der Waals surface area contributed by atoms with Crippen molar-refractivity contribution in [2.24, 2.45) is 5.41 Å². The Balaban J connectivity index is 4.63. The van der Waals surface area contributed by atoms with Crippen molar-refractivity contribution in [1.29, 1.82) is 0 Å². The molecular formula is C9H14O2. The van der Waals surface area contributed by atoms with Crippen molar-refractivity contribution in [3.05, 3.63) is 24.3 Å². The summed E-state index contributed by atoms with van der Waals surface area (Å²) in [7, 11) is 0. The van der Waals surface area contributed by atoms with Crippen LogP contribution in [0.3, 0.4) is 0 Å². The van der Waals surface area contributed by atoms with E-state index in [0.717, 1.165) is 0 Å². The lowest BCUT2D eigenvalue weighted by Crippen LogP contribution is -2.05. The minimum Gasteiger partial charge on any atom is -0.478 e. The maximum Gasteiger partial charge on any atom is 0.335 e. The number of aliphatic carboxylic acids is 1. The van der Waals surface area contributed by atoms with Gasteiger partial charge in [0.15, 0.2) is 0 Å². The summed E-state index contributed by atoms with van der Waals surface area (Å²) >= 11 is 0. The van der Waals surface area contributed by atoms with Gasteiger partial charge in [-0.3, -0.25) is 0 Å². The van der Waals surface area contributed by atoms with Gasteiger partial charge in [-0.15, -0.1) is 0 Å². The van der Waals surface area contributed by atoms with Gasteiger partial charge in [0.1, 0.15) is 0 Å². The predicted octanol–water partition coefficient (Wildman–Crippen LogP) is 2.23. The first-order valence-corrected chi connectivity index (χ1v) is 3.45. The van der Waals surface area contributed by atoms with Crippen LogP contribution >= 0.6 is 0 Å². The smallest absolute Gasteiger partial charge is 0.335 e. The highest BCUT2D eigenvalue weighted by Crippen LogP contribution is 2.17. The molecule has 0 radical (unpaired) electrons. The quantitative estimate of drug-likeness (QED) is 0.489. The average Bonchev–Trinajstić information content (AvgIpc) is 1.80. The fraction of sp³-hybridized carbons (Fsp3) is 0.444. The molecular weight excluding hydrogens is 140 g/mol. The molecule has 0 aromatic carbocycles. The van der Waals surface area contributed by atoms with Crippen LogP contribution in [0.2, 0.25) is 0 Å². The highest BCUT2D eigenvalue weighted by Gasteiger charge is 2.10. The molecule has 11 heavy (non-hydrogen) atoms. The standard InChI is InChI=1S/C9H14O2/c1-5-7(8(10)11)6-9(2,3)4/h5-6H,1H2,2-4H3,(H,10,11). The molecule has 0 heterocycles. The molecule has 0 unspecified atom stereocenters. The van der Waals surface area contributed by atoms with Crippen LogP contribution < -0.4 is 0 Å². The lowest BCUT2D eigenvalue weighted by Gasteiger charge is -2.12. The van der Waals surface area contributed by atoms with Crippen LogP contribution in [0.4, 0.5) is 0 Å². The molecule has 2 heteroatoms. The molecule has 0 bridgehead atoms. The van der Waals surface area contributed by atoms with Crippen molar-refractivity contribution in [3.63, 3.8) is 0 Å². The Morgan fingerprint density at radius 1 is 1.45 bits per heavy atom. The van der Waals surface area contributed by atoms with Crippen molar-refractivity contribution < 1.29 is 9.90 Å². The molecule has 0 fully saturated rings. The minimum atomic E-state index is -0.921. The van der Waals surface area contributed by atoms with Crippen LogP contribution in [0.5, 0.6) is 0 Å². The highest BCUT2D eigenvalue weighted by molar-refractivity contribution is 5.89. The third-order valence-corrected chi connectivity index (χ3v) is 1.06. The molecule has 62 valence electrons. The summed E-state index contributed by atoms with van der Waals surface area (Å²) in [5.41, 5.74) is 0.152. The third kappa shape index (κ3) is 4.37. The Hall–Kier alpha value is -1.05. The van der Waals surface area contributed by atoms with Crippen LogP contribution in [-0.2, 0) is 4.79 Å². The number of carbonyl (C=O) groups is 1. The molecule has 0 aliphatic carbocycles. The van der Waals surface area contributed by atoms with Crippen molar-refractivity contribution in [2.45, 2.75) is 20.8 Å². The molecule has 1 N–H and O–H groups in total. The normalized spacial score (nSPS) is 12.8. The minimum absolute atomic E-state index is 0.109. The molecule has 0 aromatic rings. The summed E-state index contributed by atoms with van der Waals surface area (Å²) in [5, 5.41) is 8.60. The van der Waals surface area contributed by atoms with E-state index in [2.05, 4.69) is 6.58 Å². The van der Waals surface area contributed by atoms with E-state index >= 15 is 0 Å². The van der Waals surface area contributed by atoms with E-state index in [-0.39, 0.29) is 11.0 Å². The lowest BCUT2D eigenvalue weighted by molar-refractivity contribution is -0.132. The second-order valence-corrected chi connectivity index (χ2v) is 3.47. The summed E-state index contributed by atoms with van der Waals surface area (Å²) in [6.45, 7) is 9.25. The number of carboxylic acids is 1. The van der Waals surface area contributed by atoms with E-state index in [1.165, 1.54) is 6.08 Å². The second kappa shape index (κ2) is 3.37. The molecule has 0 atom stereocenters. The van der Waals surface area contributed by atoms with Crippen LogP contribution in [0.15, 0.2) is 24.3 Å².